The molecule has 84 valence electrons. The second-order valence-electron chi connectivity index (χ2n) is 2.65. The van der Waals surface area contributed by atoms with Crippen molar-refractivity contribution in [2.24, 2.45) is 4.99 Å². The summed E-state index contributed by atoms with van der Waals surface area (Å²) in [5.41, 5.74) is 0. The van der Waals surface area contributed by atoms with E-state index in [0.29, 0.717) is 12.6 Å². The first-order valence-electron chi connectivity index (χ1n) is 4.49. The van der Waals surface area contributed by atoms with Gasteiger partial charge in [-0.3, -0.25) is 4.99 Å². The van der Waals surface area contributed by atoms with Crippen LogP contribution in [-0.4, -0.2) is 54.6 Å². The Hall–Kier alpha value is -0.273. The second-order valence-corrected chi connectivity index (χ2v) is 5.74. The van der Waals surface area contributed by atoms with E-state index in [1.165, 1.54) is 0 Å². The number of hydrogen-bond donors (Lipinski definition) is 1. The summed E-state index contributed by atoms with van der Waals surface area (Å²) in [6.45, 7) is 0.527. The second kappa shape index (κ2) is 8.07. The molecule has 6 heteroatoms. The maximum Gasteiger partial charge on any atom is 0.500 e. The standard InChI is InChI=1S/C8H19NO4Si/c1-11-14(12-2,13-3)8-4-5-9-6-7-10/h5,10H,4,6-8H2,1-3H3. The van der Waals surface area contributed by atoms with Gasteiger partial charge in [0.05, 0.1) is 13.2 Å². The summed E-state index contributed by atoms with van der Waals surface area (Å²) in [7, 11) is 2.33. The Kier molecular flexibility index (Phi) is 7.91. The SMILES string of the molecule is CO[Si](CCC=NCCO)(OC)OC. The van der Waals surface area contributed by atoms with Gasteiger partial charge in [0.1, 0.15) is 0 Å². The molecule has 0 unspecified atom stereocenters. The molecule has 0 aliphatic heterocycles. The number of nitrogens with zero attached hydrogens (tertiary/aromatic N) is 1. The van der Waals surface area contributed by atoms with Crippen molar-refractivity contribution >= 4 is 15.0 Å². The molecule has 0 bridgehead atoms. The third-order valence-electron chi connectivity index (χ3n) is 1.87. The molecule has 0 heterocycles. The van der Waals surface area contributed by atoms with Crippen molar-refractivity contribution in [3.63, 3.8) is 0 Å². The summed E-state index contributed by atoms with van der Waals surface area (Å²) >= 11 is 0. The number of aliphatic hydroxyl groups excluding tert-OH is 1. The van der Waals surface area contributed by atoms with Gasteiger partial charge in [0.25, 0.3) is 0 Å². The lowest BCUT2D eigenvalue weighted by Crippen LogP contribution is -2.42. The van der Waals surface area contributed by atoms with E-state index in [1.807, 2.05) is 0 Å². The summed E-state index contributed by atoms with van der Waals surface area (Å²) in [6, 6.07) is 0.700. The van der Waals surface area contributed by atoms with Gasteiger partial charge in [0.2, 0.25) is 0 Å². The molecular formula is C8H19NO4Si. The Morgan fingerprint density at radius 2 is 1.79 bits per heavy atom. The lowest BCUT2D eigenvalue weighted by atomic mass is 10.5. The van der Waals surface area contributed by atoms with Gasteiger partial charge < -0.3 is 18.4 Å². The van der Waals surface area contributed by atoms with Crippen LogP contribution in [0, 0.1) is 0 Å². The molecule has 5 nitrogen and oxygen atoms in total. The van der Waals surface area contributed by atoms with Crippen molar-refractivity contribution in [1.82, 2.24) is 0 Å². The number of hydrogen-bond acceptors (Lipinski definition) is 5. The van der Waals surface area contributed by atoms with E-state index in [4.69, 9.17) is 18.4 Å². The predicted octanol–water partition coefficient (Wildman–Crippen LogP) is 0.318. The zero-order chi connectivity index (χ0) is 10.9. The Bertz CT molecular complexity index is 153. The zero-order valence-corrected chi connectivity index (χ0v) is 10.0. The van der Waals surface area contributed by atoms with E-state index in [0.717, 1.165) is 6.42 Å². The van der Waals surface area contributed by atoms with Crippen LogP contribution in [0.2, 0.25) is 6.04 Å². The van der Waals surface area contributed by atoms with Crippen LogP contribution in [0.3, 0.4) is 0 Å². The van der Waals surface area contributed by atoms with Gasteiger partial charge in [0.15, 0.2) is 0 Å². The molecule has 0 aliphatic rings. The lowest BCUT2D eigenvalue weighted by molar-refractivity contribution is 0.124. The lowest BCUT2D eigenvalue weighted by Gasteiger charge is -2.23. The van der Waals surface area contributed by atoms with E-state index in [1.54, 1.807) is 27.5 Å². The number of aliphatic hydroxyl groups is 1. The van der Waals surface area contributed by atoms with Gasteiger partial charge >= 0.3 is 8.80 Å². The van der Waals surface area contributed by atoms with Crippen molar-refractivity contribution in [3.8, 4) is 0 Å². The minimum atomic E-state index is -2.43. The Balaban J connectivity index is 3.82. The molecule has 0 amide bonds. The van der Waals surface area contributed by atoms with E-state index < -0.39 is 8.80 Å². The first kappa shape index (κ1) is 13.7. The predicted molar refractivity (Wildman–Crippen MR) is 56.6 cm³/mol. The highest BCUT2D eigenvalue weighted by molar-refractivity contribution is 6.60. The summed E-state index contributed by atoms with van der Waals surface area (Å²) in [6.07, 6.45) is 2.50. The molecule has 0 atom stereocenters. The van der Waals surface area contributed by atoms with Crippen molar-refractivity contribution in [3.05, 3.63) is 0 Å². The maximum absolute atomic E-state index is 8.48. The Morgan fingerprint density at radius 3 is 2.21 bits per heavy atom. The molecule has 1 N–H and O–H groups in total. The minimum absolute atomic E-state index is 0.0813. The molecule has 0 radical (unpaired) electrons. The molecule has 0 fully saturated rings. The quantitative estimate of drug-likeness (QED) is 0.473. The van der Waals surface area contributed by atoms with Crippen molar-refractivity contribution in [2.45, 2.75) is 12.5 Å². The van der Waals surface area contributed by atoms with Crippen LogP contribution >= 0.6 is 0 Å². The highest BCUT2D eigenvalue weighted by Gasteiger charge is 2.36. The molecule has 0 aromatic rings. The summed E-state index contributed by atoms with van der Waals surface area (Å²) < 4.78 is 15.7. The minimum Gasteiger partial charge on any atom is -0.394 e. The largest absolute Gasteiger partial charge is 0.500 e. The van der Waals surface area contributed by atoms with Crippen molar-refractivity contribution in [1.29, 1.82) is 0 Å². The van der Waals surface area contributed by atoms with Crippen molar-refractivity contribution < 1.29 is 18.4 Å². The monoisotopic (exact) mass is 221 g/mol. The molecule has 0 aromatic heterocycles. The fourth-order valence-electron chi connectivity index (χ4n) is 1.04. The van der Waals surface area contributed by atoms with Gasteiger partial charge in [-0.1, -0.05) is 0 Å². The van der Waals surface area contributed by atoms with Gasteiger partial charge in [-0.25, -0.2) is 0 Å². The normalized spacial score (nSPS) is 12.6. The summed E-state index contributed by atoms with van der Waals surface area (Å²) in [4.78, 5) is 3.98. The molecule has 0 aromatic carbocycles. The number of aliphatic imine (C=N–C) groups is 1. The van der Waals surface area contributed by atoms with Crippen LogP contribution < -0.4 is 0 Å². The average Bonchev–Trinajstić information content (AvgIpc) is 2.24. The molecular weight excluding hydrogens is 202 g/mol. The van der Waals surface area contributed by atoms with E-state index in [-0.39, 0.29) is 6.61 Å². The van der Waals surface area contributed by atoms with Gasteiger partial charge in [-0.2, -0.15) is 0 Å². The average molecular weight is 221 g/mol. The van der Waals surface area contributed by atoms with Crippen LogP contribution in [0.15, 0.2) is 4.99 Å². The highest BCUT2D eigenvalue weighted by Crippen LogP contribution is 2.13. The highest BCUT2D eigenvalue weighted by atomic mass is 28.4. The first-order valence-corrected chi connectivity index (χ1v) is 6.42. The van der Waals surface area contributed by atoms with Crippen molar-refractivity contribution in [2.75, 3.05) is 34.5 Å². The maximum atomic E-state index is 8.48. The van der Waals surface area contributed by atoms with Crippen LogP contribution in [0.25, 0.3) is 0 Å². The van der Waals surface area contributed by atoms with Crippen LogP contribution in [0.5, 0.6) is 0 Å². The Morgan fingerprint density at radius 1 is 1.21 bits per heavy atom. The smallest absolute Gasteiger partial charge is 0.394 e. The fourth-order valence-corrected chi connectivity index (χ4v) is 2.63. The molecule has 0 spiro atoms. The third kappa shape index (κ3) is 4.82. The van der Waals surface area contributed by atoms with Gasteiger partial charge in [-0.15, -0.1) is 0 Å². The fraction of sp³-hybridized carbons (Fsp3) is 0.875. The van der Waals surface area contributed by atoms with Gasteiger partial charge in [0, 0.05) is 27.4 Å². The molecule has 0 saturated carbocycles. The zero-order valence-electron chi connectivity index (χ0n) is 9.02. The molecule has 0 saturated heterocycles. The van der Waals surface area contributed by atoms with E-state index >= 15 is 0 Å². The first-order chi connectivity index (χ1) is 6.74. The topological polar surface area (TPSA) is 60.3 Å². The number of rotatable bonds is 8. The third-order valence-corrected chi connectivity index (χ3v) is 4.64. The van der Waals surface area contributed by atoms with Crippen LogP contribution in [0.1, 0.15) is 6.42 Å². The van der Waals surface area contributed by atoms with E-state index in [9.17, 15) is 0 Å². The summed E-state index contributed by atoms with van der Waals surface area (Å²) in [5.74, 6) is 0. The van der Waals surface area contributed by atoms with Gasteiger partial charge in [-0.05, 0) is 12.6 Å². The summed E-state index contributed by atoms with van der Waals surface area (Å²) in [5, 5.41) is 8.48. The van der Waals surface area contributed by atoms with E-state index in [2.05, 4.69) is 4.99 Å². The molecule has 0 aliphatic carbocycles. The molecule has 14 heavy (non-hydrogen) atoms. The molecule has 0 rings (SSSR count). The Labute approximate surface area is 86.1 Å². The van der Waals surface area contributed by atoms with Crippen LogP contribution in [0.4, 0.5) is 0 Å². The van der Waals surface area contributed by atoms with Crippen LogP contribution in [-0.2, 0) is 13.3 Å².